The fraction of sp³-hybridized carbons (Fsp3) is 0.222. The standard InChI is InChI=1S/C18H18N4O2S2/c1-4-10-22-16(23)15(11-13-6-8-14(9-7-13)24-5-2)26-18(22)19-17-21-20-12(3)25-17/h4,6-9,11H,1,5,10H2,2-3H3/b15-11+,19-18?. The molecule has 0 spiro atoms. The molecule has 26 heavy (non-hydrogen) atoms. The summed E-state index contributed by atoms with van der Waals surface area (Å²) in [6, 6.07) is 7.63. The largest absolute Gasteiger partial charge is 0.494 e. The molecule has 2 aromatic rings. The predicted molar refractivity (Wildman–Crippen MR) is 107 cm³/mol. The molecular weight excluding hydrogens is 368 g/mol. The average molecular weight is 387 g/mol. The highest BCUT2D eigenvalue weighted by molar-refractivity contribution is 8.18. The molecule has 1 saturated heterocycles. The lowest BCUT2D eigenvalue weighted by Crippen LogP contribution is -2.29. The maximum absolute atomic E-state index is 12.7. The van der Waals surface area contributed by atoms with Crippen LogP contribution in [0.25, 0.3) is 6.08 Å². The van der Waals surface area contributed by atoms with Gasteiger partial charge in [-0.05, 0) is 49.4 Å². The third kappa shape index (κ3) is 4.20. The summed E-state index contributed by atoms with van der Waals surface area (Å²) in [6.45, 7) is 8.55. The molecule has 1 fully saturated rings. The molecule has 0 saturated carbocycles. The molecular formula is C18H18N4O2S2. The Morgan fingerprint density at radius 1 is 1.31 bits per heavy atom. The summed E-state index contributed by atoms with van der Waals surface area (Å²) in [5.41, 5.74) is 0.927. The molecule has 1 aliphatic rings. The van der Waals surface area contributed by atoms with Crippen molar-refractivity contribution in [2.24, 2.45) is 4.99 Å². The fourth-order valence-electron chi connectivity index (χ4n) is 2.27. The lowest BCUT2D eigenvalue weighted by Gasteiger charge is -2.11. The topological polar surface area (TPSA) is 67.7 Å². The predicted octanol–water partition coefficient (Wildman–Crippen LogP) is 4.04. The Hall–Kier alpha value is -2.45. The number of ether oxygens (including phenoxy) is 1. The number of rotatable bonds is 6. The monoisotopic (exact) mass is 386 g/mol. The number of amides is 1. The van der Waals surface area contributed by atoms with Crippen LogP contribution in [0.3, 0.4) is 0 Å². The van der Waals surface area contributed by atoms with Crippen molar-refractivity contribution in [2.45, 2.75) is 13.8 Å². The van der Waals surface area contributed by atoms with Crippen molar-refractivity contribution < 1.29 is 9.53 Å². The van der Waals surface area contributed by atoms with Crippen LogP contribution in [-0.2, 0) is 4.79 Å². The highest BCUT2D eigenvalue weighted by atomic mass is 32.2. The summed E-state index contributed by atoms with van der Waals surface area (Å²) in [5.74, 6) is 0.714. The lowest BCUT2D eigenvalue weighted by molar-refractivity contribution is -0.121. The minimum atomic E-state index is -0.0937. The van der Waals surface area contributed by atoms with Gasteiger partial charge in [0.05, 0.1) is 11.5 Å². The number of aryl methyl sites for hydroxylation is 1. The third-order valence-corrected chi connectivity index (χ3v) is 5.13. The van der Waals surface area contributed by atoms with Crippen LogP contribution < -0.4 is 4.74 Å². The number of hydrogen-bond donors (Lipinski definition) is 0. The Bertz CT molecular complexity index is 872. The smallest absolute Gasteiger partial charge is 0.267 e. The molecule has 134 valence electrons. The van der Waals surface area contributed by atoms with Crippen molar-refractivity contribution in [3.05, 3.63) is 52.4 Å². The summed E-state index contributed by atoms with van der Waals surface area (Å²) in [5, 5.41) is 9.92. The SMILES string of the molecule is C=CCN1C(=O)/C(=C\c2ccc(OCC)cc2)SC1=Nc1nnc(C)s1. The maximum Gasteiger partial charge on any atom is 0.267 e. The molecule has 1 aromatic carbocycles. The molecule has 6 nitrogen and oxygen atoms in total. The van der Waals surface area contributed by atoms with Gasteiger partial charge in [0, 0.05) is 6.54 Å². The molecule has 0 bridgehead atoms. The number of aromatic nitrogens is 2. The zero-order chi connectivity index (χ0) is 18.5. The first-order chi connectivity index (χ1) is 12.6. The van der Waals surface area contributed by atoms with Crippen molar-refractivity contribution >= 4 is 45.4 Å². The van der Waals surface area contributed by atoms with Crippen molar-refractivity contribution in [1.82, 2.24) is 15.1 Å². The second kappa shape index (κ2) is 8.29. The minimum absolute atomic E-state index is 0.0937. The van der Waals surface area contributed by atoms with Crippen LogP contribution in [0.2, 0.25) is 0 Å². The van der Waals surface area contributed by atoms with E-state index in [0.29, 0.717) is 28.4 Å². The Balaban J connectivity index is 1.87. The van der Waals surface area contributed by atoms with Gasteiger partial charge in [-0.15, -0.1) is 16.8 Å². The second-order valence-electron chi connectivity index (χ2n) is 5.32. The quantitative estimate of drug-likeness (QED) is 0.554. The van der Waals surface area contributed by atoms with E-state index in [1.165, 1.54) is 23.1 Å². The molecule has 8 heteroatoms. The average Bonchev–Trinajstić information content (AvgIpc) is 3.16. The first kappa shape index (κ1) is 18.3. The fourth-order valence-corrected chi connectivity index (χ4v) is 3.88. The van der Waals surface area contributed by atoms with Crippen LogP contribution in [-0.4, -0.2) is 39.3 Å². The zero-order valence-electron chi connectivity index (χ0n) is 14.5. The normalized spacial score (nSPS) is 17.3. The first-order valence-electron chi connectivity index (χ1n) is 8.04. The van der Waals surface area contributed by atoms with Gasteiger partial charge >= 0.3 is 0 Å². The van der Waals surface area contributed by atoms with E-state index in [1.54, 1.807) is 11.0 Å². The highest BCUT2D eigenvalue weighted by Gasteiger charge is 2.32. The van der Waals surface area contributed by atoms with Crippen molar-refractivity contribution in [3.8, 4) is 5.75 Å². The molecule has 0 atom stereocenters. The summed E-state index contributed by atoms with van der Waals surface area (Å²) < 4.78 is 5.44. The maximum atomic E-state index is 12.7. The van der Waals surface area contributed by atoms with Gasteiger partial charge in [0.15, 0.2) is 5.17 Å². The third-order valence-electron chi connectivity index (χ3n) is 3.40. The lowest BCUT2D eigenvalue weighted by atomic mass is 10.2. The van der Waals surface area contributed by atoms with Gasteiger partial charge in [-0.3, -0.25) is 9.69 Å². The molecule has 0 N–H and O–H groups in total. The second-order valence-corrected chi connectivity index (χ2v) is 7.48. The molecule has 2 heterocycles. The van der Waals surface area contributed by atoms with Crippen molar-refractivity contribution in [3.63, 3.8) is 0 Å². The number of carbonyl (C=O) groups is 1. The van der Waals surface area contributed by atoms with E-state index in [1.807, 2.05) is 44.2 Å². The van der Waals surface area contributed by atoms with Gasteiger partial charge in [0.2, 0.25) is 5.13 Å². The van der Waals surface area contributed by atoms with Crippen molar-refractivity contribution in [1.29, 1.82) is 0 Å². The van der Waals surface area contributed by atoms with Gasteiger partial charge in [-0.25, -0.2) is 0 Å². The van der Waals surface area contributed by atoms with Gasteiger partial charge < -0.3 is 4.74 Å². The van der Waals surface area contributed by atoms with Crippen LogP contribution in [0.15, 0.2) is 46.8 Å². The summed E-state index contributed by atoms with van der Waals surface area (Å²) in [6.07, 6.45) is 3.53. The van der Waals surface area contributed by atoms with E-state index in [4.69, 9.17) is 4.74 Å². The number of thioether (sulfide) groups is 1. The summed E-state index contributed by atoms with van der Waals surface area (Å²) >= 11 is 2.71. The minimum Gasteiger partial charge on any atom is -0.494 e. The summed E-state index contributed by atoms with van der Waals surface area (Å²) in [7, 11) is 0. The molecule has 1 amide bonds. The Kier molecular flexibility index (Phi) is 5.85. The van der Waals surface area contributed by atoms with Crippen LogP contribution in [0.4, 0.5) is 5.13 Å². The van der Waals surface area contributed by atoms with Crippen LogP contribution in [0, 0.1) is 6.92 Å². The number of carbonyl (C=O) groups excluding carboxylic acids is 1. The van der Waals surface area contributed by atoms with E-state index >= 15 is 0 Å². The van der Waals surface area contributed by atoms with Gasteiger partial charge in [-0.2, -0.15) is 4.99 Å². The van der Waals surface area contributed by atoms with Gasteiger partial charge in [0.25, 0.3) is 5.91 Å². The first-order valence-corrected chi connectivity index (χ1v) is 9.68. The van der Waals surface area contributed by atoms with Crippen LogP contribution in [0.5, 0.6) is 5.75 Å². The van der Waals surface area contributed by atoms with Crippen molar-refractivity contribution in [2.75, 3.05) is 13.2 Å². The Labute approximate surface area is 160 Å². The molecule has 0 unspecified atom stereocenters. The van der Waals surface area contributed by atoms with Gasteiger partial charge in [0.1, 0.15) is 10.8 Å². The number of hydrogen-bond acceptors (Lipinski definition) is 7. The highest BCUT2D eigenvalue weighted by Crippen LogP contribution is 2.34. The van der Waals surface area contributed by atoms with Gasteiger partial charge in [-0.1, -0.05) is 29.5 Å². The molecule has 1 aliphatic heterocycles. The molecule has 0 radical (unpaired) electrons. The zero-order valence-corrected chi connectivity index (χ0v) is 16.1. The van der Waals surface area contributed by atoms with E-state index in [-0.39, 0.29) is 5.91 Å². The number of amidine groups is 1. The Morgan fingerprint density at radius 3 is 2.69 bits per heavy atom. The number of nitrogens with zero attached hydrogens (tertiary/aromatic N) is 4. The van der Waals surface area contributed by atoms with E-state index < -0.39 is 0 Å². The number of benzene rings is 1. The Morgan fingerprint density at radius 2 is 2.08 bits per heavy atom. The molecule has 0 aliphatic carbocycles. The van der Waals surface area contributed by atoms with E-state index in [2.05, 4.69) is 21.8 Å². The van der Waals surface area contributed by atoms with E-state index in [0.717, 1.165) is 16.3 Å². The summed E-state index contributed by atoms with van der Waals surface area (Å²) in [4.78, 5) is 19.4. The number of aliphatic imine (C=N–C) groups is 1. The van der Waals surface area contributed by atoms with E-state index in [9.17, 15) is 4.79 Å². The van der Waals surface area contributed by atoms with Crippen LogP contribution in [0.1, 0.15) is 17.5 Å². The molecule has 1 aromatic heterocycles. The van der Waals surface area contributed by atoms with Crippen LogP contribution >= 0.6 is 23.1 Å². The molecule has 3 rings (SSSR count).